The molecule has 1 atom stereocenters. The van der Waals surface area contributed by atoms with Crippen LogP contribution in [0.25, 0.3) is 0 Å². The van der Waals surface area contributed by atoms with Crippen LogP contribution in [0.5, 0.6) is 0 Å². The lowest BCUT2D eigenvalue weighted by Gasteiger charge is -2.03. The molecule has 0 saturated heterocycles. The van der Waals surface area contributed by atoms with Crippen LogP contribution in [0.15, 0.2) is 33.5 Å². The molecule has 0 bridgehead atoms. The van der Waals surface area contributed by atoms with Gasteiger partial charge in [-0.25, -0.2) is 9.35 Å². The second-order valence-corrected chi connectivity index (χ2v) is 4.97. The zero-order valence-electron chi connectivity index (χ0n) is 8.77. The monoisotopic (exact) mass is 226 g/mol. The maximum atomic E-state index is 11.8. The number of hydrogen-bond acceptors (Lipinski definition) is 2. The van der Waals surface area contributed by atoms with Gasteiger partial charge in [-0.3, -0.25) is 4.79 Å². The first-order valence-electron chi connectivity index (χ1n) is 4.60. The van der Waals surface area contributed by atoms with E-state index in [9.17, 15) is 9.00 Å². The molecule has 1 aromatic rings. The van der Waals surface area contributed by atoms with Crippen LogP contribution in [0.2, 0.25) is 0 Å². The normalized spacial score (nSPS) is 14.3. The van der Waals surface area contributed by atoms with Gasteiger partial charge in [-0.1, -0.05) is 19.1 Å². The Hall–Kier alpha value is -1.20. The number of nitrogens with two attached hydrogens (primary N) is 1. The van der Waals surface area contributed by atoms with Gasteiger partial charge in [-0.15, -0.1) is 4.36 Å². The van der Waals surface area contributed by atoms with Crippen molar-refractivity contribution in [1.29, 1.82) is 0 Å². The summed E-state index contributed by atoms with van der Waals surface area (Å²) in [7, 11) is -3.06. The highest BCUT2D eigenvalue weighted by molar-refractivity contribution is 7.91. The number of carbonyl (C=O) groups is 1. The van der Waals surface area contributed by atoms with Crippen LogP contribution in [0.1, 0.15) is 19.4 Å². The van der Waals surface area contributed by atoms with Crippen LogP contribution < -0.4 is 5.14 Å². The van der Waals surface area contributed by atoms with Crippen molar-refractivity contribution in [3.63, 3.8) is 0 Å². The van der Waals surface area contributed by atoms with E-state index >= 15 is 0 Å². The molecule has 0 spiro atoms. The first-order chi connectivity index (χ1) is 6.95. The van der Waals surface area contributed by atoms with E-state index in [1.807, 2.05) is 19.1 Å². The Labute approximate surface area is 89.8 Å². The zero-order valence-corrected chi connectivity index (χ0v) is 9.58. The predicted octanol–water partition coefficient (Wildman–Crippen LogP) is 1.50. The van der Waals surface area contributed by atoms with Crippen molar-refractivity contribution >= 4 is 15.8 Å². The molecule has 4 nitrogen and oxygen atoms in total. The molecule has 0 aliphatic rings. The number of nitrogens with zero attached hydrogens (tertiary/aromatic N) is 1. The van der Waals surface area contributed by atoms with Gasteiger partial charge in [0.25, 0.3) is 5.91 Å². The highest BCUT2D eigenvalue weighted by atomic mass is 32.2. The SMILES string of the molecule is CCc1ccc(S(N)(=O)=NC(C)=O)cc1. The van der Waals surface area contributed by atoms with E-state index < -0.39 is 15.8 Å². The van der Waals surface area contributed by atoms with Crippen LogP contribution in [0.4, 0.5) is 0 Å². The summed E-state index contributed by atoms with van der Waals surface area (Å²) in [5.74, 6) is -0.526. The minimum Gasteiger partial charge on any atom is -0.272 e. The average molecular weight is 226 g/mol. The summed E-state index contributed by atoms with van der Waals surface area (Å²) >= 11 is 0. The Kier molecular flexibility index (Phi) is 3.60. The Balaban J connectivity index is 3.17. The molecular formula is C10H14N2O2S. The Bertz CT molecular complexity index is 471. The molecule has 0 saturated carbocycles. The largest absolute Gasteiger partial charge is 0.272 e. The third kappa shape index (κ3) is 3.14. The number of aryl methyl sites for hydroxylation is 1. The lowest BCUT2D eigenvalue weighted by atomic mass is 10.2. The molecule has 0 radical (unpaired) electrons. The standard InChI is InChI=1S/C10H14N2O2S/c1-3-9-4-6-10(7-5-9)15(11,14)12-8(2)13/h4-7H,3H2,1-2H3,(H2,11,12,13,14). The molecule has 0 aromatic heterocycles. The highest BCUT2D eigenvalue weighted by Crippen LogP contribution is 2.11. The molecule has 5 heteroatoms. The van der Waals surface area contributed by atoms with Crippen LogP contribution >= 0.6 is 0 Å². The molecule has 0 heterocycles. The van der Waals surface area contributed by atoms with Crippen molar-refractivity contribution in [3.8, 4) is 0 Å². The average Bonchev–Trinajstić information content (AvgIpc) is 2.16. The van der Waals surface area contributed by atoms with E-state index in [2.05, 4.69) is 4.36 Å². The van der Waals surface area contributed by atoms with Gasteiger partial charge in [0.2, 0.25) is 0 Å². The first-order valence-corrected chi connectivity index (χ1v) is 6.18. The summed E-state index contributed by atoms with van der Waals surface area (Å²) in [5.41, 5.74) is 1.12. The van der Waals surface area contributed by atoms with Crippen molar-refractivity contribution in [1.82, 2.24) is 0 Å². The van der Waals surface area contributed by atoms with Crippen LogP contribution in [-0.2, 0) is 21.1 Å². The fraction of sp³-hybridized carbons (Fsp3) is 0.300. The minimum absolute atomic E-state index is 0.384. The van der Waals surface area contributed by atoms with Crippen molar-refractivity contribution in [2.75, 3.05) is 0 Å². The molecule has 0 fully saturated rings. The fourth-order valence-electron chi connectivity index (χ4n) is 1.16. The maximum absolute atomic E-state index is 11.8. The summed E-state index contributed by atoms with van der Waals surface area (Å²) in [6.07, 6.45) is 0.899. The topological polar surface area (TPSA) is 72.5 Å². The van der Waals surface area contributed by atoms with Crippen LogP contribution in [0.3, 0.4) is 0 Å². The van der Waals surface area contributed by atoms with E-state index in [0.29, 0.717) is 4.90 Å². The molecule has 1 amide bonds. The number of carbonyl (C=O) groups excluding carboxylic acids is 1. The number of rotatable bonds is 2. The van der Waals surface area contributed by atoms with E-state index in [4.69, 9.17) is 5.14 Å². The Morgan fingerprint density at radius 3 is 2.33 bits per heavy atom. The van der Waals surface area contributed by atoms with E-state index in [1.54, 1.807) is 12.1 Å². The lowest BCUT2D eigenvalue weighted by molar-refractivity contribution is -0.115. The van der Waals surface area contributed by atoms with Gasteiger partial charge in [0.15, 0.2) is 0 Å². The Morgan fingerprint density at radius 1 is 1.40 bits per heavy atom. The summed E-state index contributed by atoms with van der Waals surface area (Å²) in [5, 5.41) is 5.47. The van der Waals surface area contributed by atoms with Crippen molar-refractivity contribution < 1.29 is 9.00 Å². The molecular weight excluding hydrogens is 212 g/mol. The van der Waals surface area contributed by atoms with Crippen molar-refractivity contribution in [2.45, 2.75) is 25.2 Å². The highest BCUT2D eigenvalue weighted by Gasteiger charge is 2.07. The van der Waals surface area contributed by atoms with Gasteiger partial charge in [0.1, 0.15) is 9.92 Å². The third-order valence-electron chi connectivity index (χ3n) is 1.93. The fourth-order valence-corrected chi connectivity index (χ4v) is 2.18. The molecule has 1 rings (SSSR count). The number of hydrogen-bond donors (Lipinski definition) is 1. The van der Waals surface area contributed by atoms with E-state index in [-0.39, 0.29) is 0 Å². The second kappa shape index (κ2) is 4.55. The zero-order chi connectivity index (χ0) is 11.5. The molecule has 1 unspecified atom stereocenters. The molecule has 15 heavy (non-hydrogen) atoms. The van der Waals surface area contributed by atoms with E-state index in [1.165, 1.54) is 6.92 Å². The molecule has 1 aromatic carbocycles. The number of amides is 1. The van der Waals surface area contributed by atoms with Crippen LogP contribution in [-0.4, -0.2) is 10.1 Å². The molecule has 82 valence electrons. The summed E-state index contributed by atoms with van der Waals surface area (Å²) in [4.78, 5) is 11.1. The first kappa shape index (κ1) is 11.9. The van der Waals surface area contributed by atoms with Gasteiger partial charge in [0, 0.05) is 6.92 Å². The lowest BCUT2D eigenvalue weighted by Crippen LogP contribution is -2.14. The van der Waals surface area contributed by atoms with E-state index in [0.717, 1.165) is 12.0 Å². The van der Waals surface area contributed by atoms with Gasteiger partial charge >= 0.3 is 0 Å². The van der Waals surface area contributed by atoms with Gasteiger partial charge in [0.05, 0.1) is 4.90 Å². The van der Waals surface area contributed by atoms with Gasteiger partial charge < -0.3 is 0 Å². The maximum Gasteiger partial charge on any atom is 0.251 e. The second-order valence-electron chi connectivity index (χ2n) is 3.18. The number of benzene rings is 1. The molecule has 0 aliphatic carbocycles. The van der Waals surface area contributed by atoms with Gasteiger partial charge in [-0.05, 0) is 24.1 Å². The van der Waals surface area contributed by atoms with Crippen molar-refractivity contribution in [2.24, 2.45) is 9.50 Å². The Morgan fingerprint density at radius 2 is 1.93 bits per heavy atom. The summed E-state index contributed by atoms with van der Waals surface area (Å²) in [6, 6.07) is 6.95. The quantitative estimate of drug-likeness (QED) is 0.829. The molecule has 0 aliphatic heterocycles. The summed E-state index contributed by atoms with van der Waals surface area (Å²) in [6.45, 7) is 3.25. The predicted molar refractivity (Wildman–Crippen MR) is 59.5 cm³/mol. The smallest absolute Gasteiger partial charge is 0.251 e. The van der Waals surface area contributed by atoms with Gasteiger partial charge in [-0.2, -0.15) is 0 Å². The molecule has 2 N–H and O–H groups in total. The van der Waals surface area contributed by atoms with Crippen LogP contribution in [0, 0.1) is 0 Å². The van der Waals surface area contributed by atoms with Crippen molar-refractivity contribution in [3.05, 3.63) is 29.8 Å². The third-order valence-corrected chi connectivity index (χ3v) is 3.41. The summed E-state index contributed by atoms with van der Waals surface area (Å²) < 4.78 is 15.2. The minimum atomic E-state index is -3.06.